The number of esters is 1. The molecule has 8 heteroatoms. The zero-order valence-corrected chi connectivity index (χ0v) is 14.8. The topological polar surface area (TPSA) is 60.7 Å². The Morgan fingerprint density at radius 1 is 1.23 bits per heavy atom. The number of hydrogen-bond donors (Lipinski definition) is 0. The van der Waals surface area contributed by atoms with Crippen LogP contribution in [0.25, 0.3) is 10.2 Å². The van der Waals surface area contributed by atoms with Crippen LogP contribution < -0.4 is 4.80 Å². The smallest absolute Gasteiger partial charge is 0.325 e. The third-order valence-electron chi connectivity index (χ3n) is 3.67. The van der Waals surface area contributed by atoms with Crippen LogP contribution in [0.4, 0.5) is 8.78 Å². The summed E-state index contributed by atoms with van der Waals surface area (Å²) in [4.78, 5) is 28.2. The summed E-state index contributed by atoms with van der Waals surface area (Å²) < 4.78 is 33.8. The van der Waals surface area contributed by atoms with Gasteiger partial charge in [0.25, 0.3) is 5.91 Å². The minimum Gasteiger partial charge on any atom is -0.468 e. The Kier molecular flexibility index (Phi) is 4.94. The average molecular weight is 376 g/mol. The van der Waals surface area contributed by atoms with Gasteiger partial charge in [0, 0.05) is 11.6 Å². The van der Waals surface area contributed by atoms with Crippen molar-refractivity contribution in [3.05, 3.63) is 64.0 Å². The van der Waals surface area contributed by atoms with E-state index in [9.17, 15) is 18.4 Å². The van der Waals surface area contributed by atoms with E-state index in [1.165, 1.54) is 11.7 Å². The molecule has 0 unspecified atom stereocenters. The number of fused-ring (bicyclic) bond motifs is 1. The Morgan fingerprint density at radius 3 is 2.69 bits per heavy atom. The maximum absolute atomic E-state index is 14.3. The van der Waals surface area contributed by atoms with Gasteiger partial charge in [-0.25, -0.2) is 8.78 Å². The molecule has 0 aliphatic rings. The van der Waals surface area contributed by atoms with Gasteiger partial charge >= 0.3 is 5.97 Å². The predicted molar refractivity (Wildman–Crippen MR) is 92.8 cm³/mol. The van der Waals surface area contributed by atoms with Gasteiger partial charge in [-0.2, -0.15) is 4.99 Å². The molecular weight excluding hydrogens is 362 g/mol. The standard InChI is InChI=1S/C18H14F2N2O3S/c1-10-4-3-5-11(6-10)17(24)21-18-22(9-15(23)25-2)16-13(20)7-12(19)8-14(16)26-18/h3-8H,9H2,1-2H3. The van der Waals surface area contributed by atoms with Gasteiger partial charge in [-0.05, 0) is 25.1 Å². The lowest BCUT2D eigenvalue weighted by Crippen LogP contribution is -2.22. The maximum Gasteiger partial charge on any atom is 0.325 e. The summed E-state index contributed by atoms with van der Waals surface area (Å²) in [5, 5.41) is 0. The number of carbonyl (C=O) groups is 2. The van der Waals surface area contributed by atoms with E-state index in [0.29, 0.717) is 5.56 Å². The number of nitrogens with zero attached hydrogens (tertiary/aromatic N) is 2. The van der Waals surface area contributed by atoms with Gasteiger partial charge in [-0.15, -0.1) is 0 Å². The van der Waals surface area contributed by atoms with Gasteiger partial charge in [-0.1, -0.05) is 29.0 Å². The summed E-state index contributed by atoms with van der Waals surface area (Å²) in [7, 11) is 1.20. The first-order valence-corrected chi connectivity index (χ1v) is 8.41. The minimum absolute atomic E-state index is 0.00223. The summed E-state index contributed by atoms with van der Waals surface area (Å²) >= 11 is 0.920. The first-order valence-electron chi connectivity index (χ1n) is 7.60. The third kappa shape index (κ3) is 3.55. The van der Waals surface area contributed by atoms with Crippen molar-refractivity contribution >= 4 is 33.4 Å². The molecule has 1 amide bonds. The van der Waals surface area contributed by atoms with E-state index in [2.05, 4.69) is 9.73 Å². The molecule has 0 radical (unpaired) electrons. The number of methoxy groups -OCH3 is 1. The second kappa shape index (κ2) is 7.17. The van der Waals surface area contributed by atoms with Gasteiger partial charge < -0.3 is 9.30 Å². The Bertz CT molecular complexity index is 1090. The number of carbonyl (C=O) groups excluding carboxylic acids is 2. The maximum atomic E-state index is 14.3. The van der Waals surface area contributed by atoms with E-state index in [4.69, 9.17) is 0 Å². The van der Waals surface area contributed by atoms with Gasteiger partial charge in [0.15, 0.2) is 10.6 Å². The van der Waals surface area contributed by atoms with Crippen LogP contribution >= 0.6 is 11.3 Å². The van der Waals surface area contributed by atoms with Gasteiger partial charge in [0.05, 0.1) is 17.3 Å². The van der Waals surface area contributed by atoms with Crippen LogP contribution in [0.2, 0.25) is 0 Å². The van der Waals surface area contributed by atoms with Crippen LogP contribution in [0, 0.1) is 18.6 Å². The van der Waals surface area contributed by atoms with Crippen molar-refractivity contribution in [1.29, 1.82) is 0 Å². The fourth-order valence-electron chi connectivity index (χ4n) is 2.48. The molecule has 0 spiro atoms. The van der Waals surface area contributed by atoms with E-state index in [1.54, 1.807) is 18.2 Å². The Hall–Kier alpha value is -2.87. The normalized spacial score (nSPS) is 11.8. The number of aryl methyl sites for hydroxylation is 1. The third-order valence-corrected chi connectivity index (χ3v) is 4.70. The van der Waals surface area contributed by atoms with Crippen molar-refractivity contribution in [1.82, 2.24) is 4.57 Å². The van der Waals surface area contributed by atoms with Crippen molar-refractivity contribution in [2.24, 2.45) is 4.99 Å². The summed E-state index contributed by atoms with van der Waals surface area (Å²) in [6.45, 7) is 1.49. The van der Waals surface area contributed by atoms with Crippen LogP contribution in [0.3, 0.4) is 0 Å². The van der Waals surface area contributed by atoms with Crippen LogP contribution in [0.1, 0.15) is 15.9 Å². The molecule has 1 heterocycles. The summed E-state index contributed by atoms with van der Waals surface area (Å²) in [6.07, 6.45) is 0. The van der Waals surface area contributed by atoms with E-state index in [-0.39, 0.29) is 21.6 Å². The first-order chi connectivity index (χ1) is 12.4. The van der Waals surface area contributed by atoms with Crippen molar-refractivity contribution in [2.75, 3.05) is 7.11 Å². The van der Waals surface area contributed by atoms with Crippen molar-refractivity contribution in [2.45, 2.75) is 13.5 Å². The highest BCUT2D eigenvalue weighted by Crippen LogP contribution is 2.22. The van der Waals surface area contributed by atoms with E-state index < -0.39 is 23.5 Å². The van der Waals surface area contributed by atoms with E-state index >= 15 is 0 Å². The molecule has 5 nitrogen and oxygen atoms in total. The van der Waals surface area contributed by atoms with Crippen molar-refractivity contribution < 1.29 is 23.1 Å². The zero-order chi connectivity index (χ0) is 18.8. The highest BCUT2D eigenvalue weighted by Gasteiger charge is 2.16. The second-order valence-electron chi connectivity index (χ2n) is 5.57. The molecule has 0 aliphatic heterocycles. The molecule has 3 rings (SSSR count). The molecule has 0 aliphatic carbocycles. The molecular formula is C18H14F2N2O3S. The lowest BCUT2D eigenvalue weighted by Gasteiger charge is -2.04. The number of halogens is 2. The zero-order valence-electron chi connectivity index (χ0n) is 14.0. The first kappa shape index (κ1) is 17.9. The molecule has 3 aromatic rings. The Morgan fingerprint density at radius 2 is 2.00 bits per heavy atom. The van der Waals surface area contributed by atoms with Crippen LogP contribution in [-0.2, 0) is 16.1 Å². The second-order valence-corrected chi connectivity index (χ2v) is 6.58. The largest absolute Gasteiger partial charge is 0.468 e. The van der Waals surface area contributed by atoms with Crippen LogP contribution in [0.15, 0.2) is 41.4 Å². The molecule has 0 bridgehead atoms. The molecule has 134 valence electrons. The SMILES string of the molecule is COC(=O)Cn1c(=NC(=O)c2cccc(C)c2)sc2cc(F)cc(F)c21. The Balaban J connectivity index is 2.20. The van der Waals surface area contributed by atoms with Gasteiger partial charge in [0.1, 0.15) is 12.4 Å². The Labute approximate surface area is 151 Å². The van der Waals surface area contributed by atoms with Gasteiger partial charge in [0.2, 0.25) is 0 Å². The highest BCUT2D eigenvalue weighted by atomic mass is 32.1. The van der Waals surface area contributed by atoms with Gasteiger partial charge in [-0.3, -0.25) is 9.59 Å². The monoisotopic (exact) mass is 376 g/mol. The number of aromatic nitrogens is 1. The molecule has 0 atom stereocenters. The van der Waals surface area contributed by atoms with Crippen molar-refractivity contribution in [3.8, 4) is 0 Å². The number of thiazole rings is 1. The van der Waals surface area contributed by atoms with E-state index in [1.807, 2.05) is 13.0 Å². The number of amides is 1. The molecule has 26 heavy (non-hydrogen) atoms. The highest BCUT2D eigenvalue weighted by molar-refractivity contribution is 7.16. The van der Waals surface area contributed by atoms with Crippen LogP contribution in [0.5, 0.6) is 0 Å². The fraction of sp³-hybridized carbons (Fsp3) is 0.167. The molecule has 1 aromatic heterocycles. The van der Waals surface area contributed by atoms with E-state index in [0.717, 1.165) is 29.0 Å². The molecule has 2 aromatic carbocycles. The summed E-state index contributed by atoms with van der Waals surface area (Å²) in [5.41, 5.74) is 1.24. The molecule has 0 saturated heterocycles. The minimum atomic E-state index is -0.843. The number of hydrogen-bond acceptors (Lipinski definition) is 4. The lowest BCUT2D eigenvalue weighted by molar-refractivity contribution is -0.141. The average Bonchev–Trinajstić information content (AvgIpc) is 2.91. The number of rotatable bonds is 3. The van der Waals surface area contributed by atoms with Crippen LogP contribution in [-0.4, -0.2) is 23.6 Å². The lowest BCUT2D eigenvalue weighted by atomic mass is 10.1. The summed E-state index contributed by atoms with van der Waals surface area (Å²) in [5.74, 6) is -2.78. The molecule has 0 N–H and O–H groups in total. The fourth-order valence-corrected chi connectivity index (χ4v) is 3.55. The quantitative estimate of drug-likeness (QED) is 0.660. The number of ether oxygens (including phenoxy) is 1. The number of benzene rings is 2. The predicted octanol–water partition coefficient (Wildman–Crippen LogP) is 3.20. The molecule has 0 fully saturated rings. The molecule has 0 saturated carbocycles. The summed E-state index contributed by atoms with van der Waals surface area (Å²) in [6, 6.07) is 8.69. The van der Waals surface area contributed by atoms with Crippen molar-refractivity contribution in [3.63, 3.8) is 0 Å².